The molecule has 6 aromatic rings. The molecule has 3 nitrogen and oxygen atoms in total. The van der Waals surface area contributed by atoms with Gasteiger partial charge < -0.3 is 5.11 Å². The molecule has 0 spiro atoms. The zero-order chi connectivity index (χ0) is 30.1. The van der Waals surface area contributed by atoms with Crippen LogP contribution in [-0.4, -0.2) is 16.3 Å². The van der Waals surface area contributed by atoms with Crippen molar-refractivity contribution in [2.75, 3.05) is 0 Å². The lowest BCUT2D eigenvalue weighted by Crippen LogP contribution is -2.11. The largest absolute Gasteiger partial charge is 0.507 e. The van der Waals surface area contributed by atoms with Crippen LogP contribution in [0.25, 0.3) is 43.0 Å². The Hall–Kier alpha value is -4.54. The molecule has 1 aromatic heterocycles. The fourth-order valence-corrected chi connectivity index (χ4v) is 6.31. The van der Waals surface area contributed by atoms with Crippen molar-refractivity contribution < 1.29 is 5.11 Å². The van der Waals surface area contributed by atoms with Crippen molar-refractivity contribution in [1.29, 1.82) is 0 Å². The van der Waals surface area contributed by atoms with Gasteiger partial charge in [0.25, 0.3) is 0 Å². The topological polar surface area (TPSA) is 45.5 Å². The van der Waals surface area contributed by atoms with Crippen molar-refractivity contribution in [3.63, 3.8) is 0 Å². The molecule has 0 radical (unpaired) electrons. The molecular formula is C39H36N2OS. The van der Waals surface area contributed by atoms with Crippen LogP contribution in [0, 0.1) is 0 Å². The molecule has 4 heteroatoms. The van der Waals surface area contributed by atoms with Crippen molar-refractivity contribution >= 4 is 33.5 Å². The number of phenolic OH excluding ortho intramolecular Hbond substituents is 1. The molecule has 214 valence electrons. The van der Waals surface area contributed by atoms with Gasteiger partial charge in [-0.1, -0.05) is 107 Å². The maximum absolute atomic E-state index is 10.6. The summed E-state index contributed by atoms with van der Waals surface area (Å²) in [6, 6.07) is 37.8. The molecule has 0 fully saturated rings. The van der Waals surface area contributed by atoms with Crippen LogP contribution in [0.3, 0.4) is 0 Å². The first-order chi connectivity index (χ1) is 20.7. The molecular weight excluding hydrogens is 545 g/mol. The molecule has 5 aromatic carbocycles. The lowest BCUT2D eigenvalue weighted by atomic mass is 9.86. The molecule has 0 saturated heterocycles. The fraction of sp³-hybridized carbons (Fsp3) is 0.179. The number of phenols is 1. The second-order valence-electron chi connectivity index (χ2n) is 12.3. The number of para-hydroxylation sites is 1. The average Bonchev–Trinajstić information content (AvgIpc) is 3.44. The van der Waals surface area contributed by atoms with E-state index < -0.39 is 0 Å². The first-order valence-corrected chi connectivity index (χ1v) is 15.6. The second-order valence-corrected chi connectivity index (χ2v) is 13.4. The van der Waals surface area contributed by atoms with Gasteiger partial charge in [0.2, 0.25) is 0 Å². The number of aromatic hydroxyl groups is 1. The first kappa shape index (κ1) is 28.6. The molecule has 0 atom stereocenters. The van der Waals surface area contributed by atoms with Crippen LogP contribution in [0.2, 0.25) is 0 Å². The van der Waals surface area contributed by atoms with Crippen LogP contribution in [0.15, 0.2) is 114 Å². The Balaban J connectivity index is 1.45. The van der Waals surface area contributed by atoms with Gasteiger partial charge >= 0.3 is 0 Å². The number of benzene rings is 5. The number of hydrogen-bond acceptors (Lipinski definition) is 4. The van der Waals surface area contributed by atoms with Crippen LogP contribution in [-0.2, 0) is 5.41 Å². The van der Waals surface area contributed by atoms with Gasteiger partial charge in [0.1, 0.15) is 10.8 Å². The van der Waals surface area contributed by atoms with Gasteiger partial charge in [0.15, 0.2) is 0 Å². The average molecular weight is 581 g/mol. The third-order valence-electron chi connectivity index (χ3n) is 7.86. The Morgan fingerprint density at radius 2 is 1.47 bits per heavy atom. The van der Waals surface area contributed by atoms with Crippen LogP contribution < -0.4 is 0 Å². The Labute approximate surface area is 258 Å². The van der Waals surface area contributed by atoms with E-state index in [4.69, 9.17) is 9.98 Å². The van der Waals surface area contributed by atoms with Gasteiger partial charge in [-0.2, -0.15) is 0 Å². The summed E-state index contributed by atoms with van der Waals surface area (Å²) in [5, 5.41) is 11.5. The fourth-order valence-electron chi connectivity index (χ4n) is 5.24. The van der Waals surface area contributed by atoms with Crippen molar-refractivity contribution in [3.05, 3.63) is 126 Å². The third-order valence-corrected chi connectivity index (χ3v) is 8.90. The van der Waals surface area contributed by atoms with Crippen LogP contribution in [0.4, 0.5) is 5.69 Å². The minimum absolute atomic E-state index is 0.0268. The lowest BCUT2D eigenvalue weighted by molar-refractivity contribution is 0.473. The highest BCUT2D eigenvalue weighted by atomic mass is 32.1. The summed E-state index contributed by atoms with van der Waals surface area (Å²) in [6.45, 7) is 10.9. The number of thiazole rings is 1. The smallest absolute Gasteiger partial charge is 0.126 e. The number of nitrogens with zero attached hydrogens (tertiary/aromatic N) is 2. The molecule has 6 rings (SSSR count). The zero-order valence-corrected chi connectivity index (χ0v) is 26.1. The standard InChI is InChI=1S/C39H36N2OS/c1-25(2)26-15-17-27(18-16-26)29-22-33(28-11-7-6-8-12-28)37-36(23-29)43-38(41-37)32-13-9-10-14-34(32)40-24-30-21-31(39(3,4)5)19-20-35(30)42/h6-25,42H,1-5H3. The number of aliphatic imine (C=N–C) groups is 1. The predicted molar refractivity (Wildman–Crippen MR) is 184 cm³/mol. The summed E-state index contributed by atoms with van der Waals surface area (Å²) >= 11 is 1.69. The van der Waals surface area contributed by atoms with Gasteiger partial charge in [-0.3, -0.25) is 4.99 Å². The van der Waals surface area contributed by atoms with E-state index in [1.165, 1.54) is 16.7 Å². The van der Waals surface area contributed by atoms with Crippen molar-refractivity contribution in [1.82, 2.24) is 4.98 Å². The SMILES string of the molecule is CC(C)c1ccc(-c2cc(-c3ccccc3)c3nc(-c4ccccc4N=Cc4cc(C(C)(C)C)ccc4O)sc3c2)cc1. The molecule has 43 heavy (non-hydrogen) atoms. The van der Waals surface area contributed by atoms with Crippen LogP contribution in [0.1, 0.15) is 57.2 Å². The van der Waals surface area contributed by atoms with Crippen LogP contribution in [0.5, 0.6) is 5.75 Å². The highest BCUT2D eigenvalue weighted by molar-refractivity contribution is 7.21. The second kappa shape index (κ2) is 11.6. The highest BCUT2D eigenvalue weighted by Crippen LogP contribution is 2.41. The van der Waals surface area contributed by atoms with E-state index in [-0.39, 0.29) is 11.2 Å². The van der Waals surface area contributed by atoms with Gasteiger partial charge in [-0.15, -0.1) is 11.3 Å². The van der Waals surface area contributed by atoms with Crippen molar-refractivity contribution in [3.8, 4) is 38.6 Å². The summed E-state index contributed by atoms with van der Waals surface area (Å²) in [7, 11) is 0. The molecule has 1 N–H and O–H groups in total. The van der Waals surface area contributed by atoms with Crippen LogP contribution >= 0.6 is 11.3 Å². The molecule has 0 aliphatic carbocycles. The van der Waals surface area contributed by atoms with E-state index in [1.807, 2.05) is 36.4 Å². The summed E-state index contributed by atoms with van der Waals surface area (Å²) in [4.78, 5) is 10.1. The van der Waals surface area contributed by atoms with Crippen molar-refractivity contribution in [2.24, 2.45) is 4.99 Å². The maximum Gasteiger partial charge on any atom is 0.126 e. The normalized spacial score (nSPS) is 12.0. The van der Waals surface area contributed by atoms with Gasteiger partial charge in [-0.05, 0) is 75.5 Å². The summed E-state index contributed by atoms with van der Waals surface area (Å²) in [5.41, 5.74) is 10.6. The van der Waals surface area contributed by atoms with Gasteiger partial charge in [-0.25, -0.2) is 4.98 Å². The number of fused-ring (bicyclic) bond motifs is 1. The Kier molecular flexibility index (Phi) is 7.72. The van der Waals surface area contributed by atoms with Crippen molar-refractivity contribution in [2.45, 2.75) is 46.0 Å². The Morgan fingerprint density at radius 3 is 2.19 bits per heavy atom. The predicted octanol–water partition coefficient (Wildman–Crippen LogP) is 11.2. The van der Waals surface area contributed by atoms with E-state index in [9.17, 15) is 5.11 Å². The molecule has 0 amide bonds. The Bertz CT molecular complexity index is 1930. The molecule has 0 bridgehead atoms. The number of aromatic nitrogens is 1. The quantitative estimate of drug-likeness (QED) is 0.199. The number of hydrogen-bond donors (Lipinski definition) is 1. The summed E-state index contributed by atoms with van der Waals surface area (Å²) in [5.74, 6) is 0.713. The van der Waals surface area contributed by atoms with E-state index in [0.717, 1.165) is 43.2 Å². The zero-order valence-electron chi connectivity index (χ0n) is 25.3. The summed E-state index contributed by atoms with van der Waals surface area (Å²) in [6.07, 6.45) is 1.76. The molecule has 1 heterocycles. The van der Waals surface area contributed by atoms with E-state index in [1.54, 1.807) is 23.6 Å². The maximum atomic E-state index is 10.6. The molecule has 0 aliphatic heterocycles. The molecule has 0 saturated carbocycles. The van der Waals surface area contributed by atoms with E-state index in [2.05, 4.69) is 101 Å². The van der Waals surface area contributed by atoms with E-state index in [0.29, 0.717) is 11.5 Å². The highest BCUT2D eigenvalue weighted by Gasteiger charge is 2.17. The monoisotopic (exact) mass is 580 g/mol. The van der Waals surface area contributed by atoms with E-state index >= 15 is 0 Å². The first-order valence-electron chi connectivity index (χ1n) is 14.7. The van der Waals surface area contributed by atoms with Gasteiger partial charge in [0, 0.05) is 22.9 Å². The lowest BCUT2D eigenvalue weighted by Gasteiger charge is -2.19. The minimum Gasteiger partial charge on any atom is -0.507 e. The molecule has 0 unspecified atom stereocenters. The number of rotatable bonds is 6. The summed E-state index contributed by atoms with van der Waals surface area (Å²) < 4.78 is 1.13. The minimum atomic E-state index is -0.0268. The molecule has 0 aliphatic rings. The third kappa shape index (κ3) is 6.02. The Morgan fingerprint density at radius 1 is 0.744 bits per heavy atom. The van der Waals surface area contributed by atoms with Gasteiger partial charge in [0.05, 0.1) is 15.9 Å².